The SMILES string of the molecule is C1CCCNCC1.Clc1ccc2nc(C34CCC[NH+]3CC4)sc2c1. The summed E-state index contributed by atoms with van der Waals surface area (Å²) in [5, 5.41) is 5.50. The summed E-state index contributed by atoms with van der Waals surface area (Å²) in [6.07, 6.45) is 9.64. The predicted octanol–water partition coefficient (Wildman–Crippen LogP) is 3.38. The average molecular weight is 365 g/mol. The van der Waals surface area contributed by atoms with Gasteiger partial charge in [-0.1, -0.05) is 24.4 Å². The fraction of sp³-hybridized carbons (Fsp3) is 0.632. The van der Waals surface area contributed by atoms with Crippen LogP contribution in [0.2, 0.25) is 5.02 Å². The highest BCUT2D eigenvalue weighted by atomic mass is 35.5. The van der Waals surface area contributed by atoms with E-state index in [1.807, 2.05) is 29.5 Å². The van der Waals surface area contributed by atoms with Crippen LogP contribution < -0.4 is 10.2 Å². The molecular weight excluding hydrogens is 338 g/mol. The maximum atomic E-state index is 6.04. The zero-order valence-corrected chi connectivity index (χ0v) is 15.8. The first-order chi connectivity index (χ1) is 11.8. The van der Waals surface area contributed by atoms with Crippen molar-refractivity contribution in [1.29, 1.82) is 0 Å². The van der Waals surface area contributed by atoms with Gasteiger partial charge in [0.05, 0.1) is 29.7 Å². The lowest BCUT2D eigenvalue weighted by Crippen LogP contribution is -3.23. The van der Waals surface area contributed by atoms with Crippen LogP contribution in [0.4, 0.5) is 0 Å². The summed E-state index contributed by atoms with van der Waals surface area (Å²) in [7, 11) is 0. The minimum absolute atomic E-state index is 0.371. The first-order valence-corrected chi connectivity index (χ1v) is 10.6. The van der Waals surface area contributed by atoms with Crippen molar-refractivity contribution in [2.75, 3.05) is 26.2 Å². The smallest absolute Gasteiger partial charge is 0.156 e. The van der Waals surface area contributed by atoms with Crippen molar-refractivity contribution in [1.82, 2.24) is 10.3 Å². The van der Waals surface area contributed by atoms with E-state index in [2.05, 4.69) is 5.32 Å². The van der Waals surface area contributed by atoms with Gasteiger partial charge < -0.3 is 10.2 Å². The summed E-state index contributed by atoms with van der Waals surface area (Å²) in [5.41, 5.74) is 1.48. The van der Waals surface area contributed by atoms with Crippen molar-refractivity contribution in [3.63, 3.8) is 0 Å². The molecule has 3 saturated heterocycles. The summed E-state index contributed by atoms with van der Waals surface area (Å²) in [4.78, 5) is 6.60. The number of halogens is 1. The number of aromatic nitrogens is 1. The number of nitrogens with zero attached hydrogens (tertiary/aromatic N) is 1. The van der Waals surface area contributed by atoms with E-state index >= 15 is 0 Å². The molecule has 24 heavy (non-hydrogen) atoms. The molecule has 0 bridgehead atoms. The number of fused-ring (bicyclic) bond motifs is 2. The number of hydrogen-bond donors (Lipinski definition) is 2. The Labute approximate surface area is 153 Å². The second kappa shape index (κ2) is 7.28. The molecule has 1 aromatic carbocycles. The lowest BCUT2D eigenvalue weighted by molar-refractivity contribution is -0.992. The highest BCUT2D eigenvalue weighted by molar-refractivity contribution is 7.18. The van der Waals surface area contributed by atoms with E-state index in [-0.39, 0.29) is 0 Å². The minimum atomic E-state index is 0.371. The Bertz CT molecular complexity index is 681. The molecule has 4 heterocycles. The summed E-state index contributed by atoms with van der Waals surface area (Å²) in [6, 6.07) is 6.02. The van der Waals surface area contributed by atoms with Gasteiger partial charge in [-0.25, -0.2) is 4.98 Å². The van der Waals surface area contributed by atoms with Gasteiger partial charge in [-0.05, 0) is 44.1 Å². The molecule has 130 valence electrons. The van der Waals surface area contributed by atoms with Gasteiger partial charge in [-0.15, -0.1) is 11.3 Å². The van der Waals surface area contributed by atoms with E-state index in [0.29, 0.717) is 5.54 Å². The molecule has 0 radical (unpaired) electrons. The van der Waals surface area contributed by atoms with Gasteiger partial charge in [0.2, 0.25) is 0 Å². The van der Waals surface area contributed by atoms with Crippen molar-refractivity contribution < 1.29 is 4.90 Å². The maximum absolute atomic E-state index is 6.04. The monoisotopic (exact) mass is 364 g/mol. The predicted molar refractivity (Wildman–Crippen MR) is 102 cm³/mol. The third kappa shape index (κ3) is 3.22. The molecule has 0 saturated carbocycles. The highest BCUT2D eigenvalue weighted by Gasteiger charge is 2.56. The van der Waals surface area contributed by atoms with Crippen molar-refractivity contribution in [2.45, 2.75) is 50.5 Å². The number of nitrogens with one attached hydrogen (secondary N) is 2. The van der Waals surface area contributed by atoms with Gasteiger partial charge in [0, 0.05) is 17.9 Å². The van der Waals surface area contributed by atoms with Gasteiger partial charge in [0.15, 0.2) is 10.5 Å². The van der Waals surface area contributed by atoms with Gasteiger partial charge >= 0.3 is 0 Å². The molecule has 3 aliphatic heterocycles. The number of rotatable bonds is 1. The quantitative estimate of drug-likeness (QED) is 0.812. The molecule has 3 nitrogen and oxygen atoms in total. The molecule has 1 aromatic heterocycles. The number of benzene rings is 1. The summed E-state index contributed by atoms with van der Waals surface area (Å²) < 4.78 is 1.24. The molecule has 3 fully saturated rings. The molecule has 2 atom stereocenters. The molecule has 0 spiro atoms. The van der Waals surface area contributed by atoms with Crippen LogP contribution in [0.15, 0.2) is 18.2 Å². The molecule has 2 N–H and O–H groups in total. The molecule has 2 unspecified atom stereocenters. The van der Waals surface area contributed by atoms with E-state index in [1.165, 1.54) is 80.8 Å². The Morgan fingerprint density at radius 2 is 1.88 bits per heavy atom. The molecule has 5 heteroatoms. The topological polar surface area (TPSA) is 29.4 Å². The van der Waals surface area contributed by atoms with Crippen LogP contribution in [0.3, 0.4) is 0 Å². The van der Waals surface area contributed by atoms with Gasteiger partial charge in [0.25, 0.3) is 0 Å². The second-order valence-electron chi connectivity index (χ2n) is 7.33. The normalized spacial score (nSPS) is 29.3. The van der Waals surface area contributed by atoms with Crippen LogP contribution in [-0.4, -0.2) is 31.2 Å². The summed E-state index contributed by atoms with van der Waals surface area (Å²) in [5.74, 6) is 0. The zero-order valence-electron chi connectivity index (χ0n) is 14.2. The molecule has 0 aliphatic carbocycles. The van der Waals surface area contributed by atoms with E-state index in [4.69, 9.17) is 16.6 Å². The maximum Gasteiger partial charge on any atom is 0.156 e. The van der Waals surface area contributed by atoms with Crippen LogP contribution in [-0.2, 0) is 5.54 Å². The van der Waals surface area contributed by atoms with E-state index in [9.17, 15) is 0 Å². The molecule has 5 rings (SSSR count). The lowest BCUT2D eigenvalue weighted by atomic mass is 9.86. The Balaban J connectivity index is 0.000000177. The first-order valence-electron chi connectivity index (χ1n) is 9.40. The fourth-order valence-electron chi connectivity index (χ4n) is 4.32. The standard InChI is InChI=1S/C13H13ClN2S.C6H13N/c14-9-2-3-10-11(8-9)17-12(15-10)13-4-1-6-16(13)7-5-13;1-2-4-6-7-5-3-1/h2-3,8H,1,4-7H2;7H,1-6H2/p+1. The number of quaternary nitrogens is 1. The van der Waals surface area contributed by atoms with Crippen LogP contribution in [0.5, 0.6) is 0 Å². The van der Waals surface area contributed by atoms with Crippen molar-refractivity contribution in [3.05, 3.63) is 28.2 Å². The minimum Gasteiger partial charge on any atom is -0.324 e. The van der Waals surface area contributed by atoms with Crippen LogP contribution in [0, 0.1) is 0 Å². The van der Waals surface area contributed by atoms with Gasteiger partial charge in [0.1, 0.15) is 0 Å². The van der Waals surface area contributed by atoms with Crippen LogP contribution in [0.1, 0.15) is 50.0 Å². The third-order valence-electron chi connectivity index (χ3n) is 5.83. The number of thiazole rings is 1. The Morgan fingerprint density at radius 1 is 1.04 bits per heavy atom. The first kappa shape index (κ1) is 16.8. The molecule has 0 amide bonds. The highest BCUT2D eigenvalue weighted by Crippen LogP contribution is 2.39. The molecule has 3 aliphatic rings. The van der Waals surface area contributed by atoms with Crippen LogP contribution in [0.25, 0.3) is 10.2 Å². The number of hydrogen-bond acceptors (Lipinski definition) is 3. The molecular formula is C19H27ClN3S+. The largest absolute Gasteiger partial charge is 0.324 e. The van der Waals surface area contributed by atoms with Gasteiger partial charge in [-0.2, -0.15) is 0 Å². The Morgan fingerprint density at radius 3 is 2.58 bits per heavy atom. The van der Waals surface area contributed by atoms with Crippen molar-refractivity contribution in [2.24, 2.45) is 0 Å². The van der Waals surface area contributed by atoms with Crippen molar-refractivity contribution in [3.8, 4) is 0 Å². The second-order valence-corrected chi connectivity index (χ2v) is 8.80. The van der Waals surface area contributed by atoms with E-state index in [0.717, 1.165) is 10.5 Å². The van der Waals surface area contributed by atoms with Crippen molar-refractivity contribution >= 4 is 33.2 Å². The van der Waals surface area contributed by atoms with E-state index < -0.39 is 0 Å². The summed E-state index contributed by atoms with van der Waals surface area (Å²) in [6.45, 7) is 5.16. The lowest BCUT2D eigenvalue weighted by Gasteiger charge is -2.42. The zero-order chi connectivity index (χ0) is 16.4. The van der Waals surface area contributed by atoms with Gasteiger partial charge in [-0.3, -0.25) is 0 Å². The Hall–Kier alpha value is -0.680. The van der Waals surface area contributed by atoms with E-state index in [1.54, 1.807) is 4.90 Å². The Kier molecular flexibility index (Phi) is 5.09. The average Bonchev–Trinajstić information content (AvgIpc) is 2.94. The van der Waals surface area contributed by atoms with Crippen LogP contribution >= 0.6 is 22.9 Å². The third-order valence-corrected chi connectivity index (χ3v) is 7.29. The fourth-order valence-corrected chi connectivity index (χ4v) is 5.86. The summed E-state index contributed by atoms with van der Waals surface area (Å²) >= 11 is 7.88. The molecule has 2 aromatic rings.